The van der Waals surface area contributed by atoms with E-state index in [1.807, 2.05) is 0 Å². The van der Waals surface area contributed by atoms with Gasteiger partial charge in [-0.3, -0.25) is 0 Å². The van der Waals surface area contributed by atoms with Gasteiger partial charge in [0.2, 0.25) is 5.88 Å². The van der Waals surface area contributed by atoms with Crippen LogP contribution in [0.2, 0.25) is 0 Å². The summed E-state index contributed by atoms with van der Waals surface area (Å²) in [5.74, 6) is 1.32. The molecular formula is C11H17NO3. The molecule has 1 heterocycles. The number of aromatic nitrogens is 1. The summed E-state index contributed by atoms with van der Waals surface area (Å²) in [6.45, 7) is 1.76. The molecule has 0 fully saturated rings. The number of ether oxygens (including phenoxy) is 2. The maximum atomic E-state index is 9.24. The highest BCUT2D eigenvalue weighted by Crippen LogP contribution is 2.27. The van der Waals surface area contributed by atoms with E-state index in [1.165, 1.54) is 0 Å². The first-order valence-electron chi connectivity index (χ1n) is 4.93. The molecule has 1 aromatic rings. The topological polar surface area (TPSA) is 51.6 Å². The maximum Gasteiger partial charge on any atom is 0.219 e. The molecule has 0 radical (unpaired) electrons. The van der Waals surface area contributed by atoms with E-state index in [9.17, 15) is 5.11 Å². The second kappa shape index (κ2) is 5.56. The Kier molecular flexibility index (Phi) is 4.37. The lowest BCUT2D eigenvalue weighted by Crippen LogP contribution is -2.05. The molecule has 1 rings (SSSR count). The fourth-order valence-electron chi connectivity index (χ4n) is 1.41. The monoisotopic (exact) mass is 211 g/mol. The fraction of sp³-hybridized carbons (Fsp3) is 0.545. The van der Waals surface area contributed by atoms with E-state index in [0.29, 0.717) is 18.7 Å². The zero-order valence-electron chi connectivity index (χ0n) is 9.36. The Hall–Kier alpha value is -1.29. The Balaban J connectivity index is 2.89. The van der Waals surface area contributed by atoms with Crippen LogP contribution in [0.15, 0.2) is 12.3 Å². The maximum absolute atomic E-state index is 9.24. The van der Waals surface area contributed by atoms with Crippen molar-refractivity contribution in [2.75, 3.05) is 14.2 Å². The smallest absolute Gasteiger partial charge is 0.219 e. The van der Waals surface area contributed by atoms with Crippen molar-refractivity contribution >= 4 is 0 Å². The number of aliphatic hydroxyl groups excluding tert-OH is 1. The van der Waals surface area contributed by atoms with Gasteiger partial charge >= 0.3 is 0 Å². The minimum atomic E-state index is -0.334. The second-order valence-corrected chi connectivity index (χ2v) is 3.39. The van der Waals surface area contributed by atoms with Gasteiger partial charge < -0.3 is 14.6 Å². The predicted octanol–water partition coefficient (Wildman–Crippen LogP) is 1.41. The van der Waals surface area contributed by atoms with Crippen LogP contribution in [-0.2, 0) is 6.42 Å². The second-order valence-electron chi connectivity index (χ2n) is 3.39. The third kappa shape index (κ3) is 3.09. The summed E-state index contributed by atoms with van der Waals surface area (Å²) in [7, 11) is 3.19. The van der Waals surface area contributed by atoms with Crippen molar-refractivity contribution in [3.8, 4) is 11.6 Å². The van der Waals surface area contributed by atoms with Crippen molar-refractivity contribution in [1.29, 1.82) is 0 Å². The van der Waals surface area contributed by atoms with Crippen LogP contribution in [0.4, 0.5) is 0 Å². The van der Waals surface area contributed by atoms with Gasteiger partial charge in [-0.25, -0.2) is 4.98 Å². The molecular weight excluding hydrogens is 194 g/mol. The van der Waals surface area contributed by atoms with Gasteiger partial charge in [-0.15, -0.1) is 0 Å². The minimum absolute atomic E-state index is 0.334. The zero-order chi connectivity index (χ0) is 11.3. The van der Waals surface area contributed by atoms with Crippen LogP contribution in [0.25, 0.3) is 0 Å². The van der Waals surface area contributed by atoms with Crippen LogP contribution in [0.5, 0.6) is 11.6 Å². The van der Waals surface area contributed by atoms with Crippen LogP contribution in [0.1, 0.15) is 18.9 Å². The van der Waals surface area contributed by atoms with E-state index in [4.69, 9.17) is 9.47 Å². The van der Waals surface area contributed by atoms with E-state index in [2.05, 4.69) is 4.98 Å². The molecule has 15 heavy (non-hydrogen) atoms. The third-order valence-corrected chi connectivity index (χ3v) is 2.20. The molecule has 0 aliphatic rings. The number of methoxy groups -OCH3 is 2. The first-order chi connectivity index (χ1) is 7.19. The van der Waals surface area contributed by atoms with E-state index < -0.39 is 0 Å². The highest BCUT2D eigenvalue weighted by molar-refractivity contribution is 5.39. The van der Waals surface area contributed by atoms with Crippen LogP contribution in [-0.4, -0.2) is 30.4 Å². The molecule has 0 saturated heterocycles. The van der Waals surface area contributed by atoms with Gasteiger partial charge in [0.05, 0.1) is 25.9 Å². The van der Waals surface area contributed by atoms with Gasteiger partial charge in [0, 0.05) is 6.20 Å². The van der Waals surface area contributed by atoms with E-state index >= 15 is 0 Å². The third-order valence-electron chi connectivity index (χ3n) is 2.20. The average Bonchev–Trinajstić information content (AvgIpc) is 2.25. The standard InChI is InChI=1S/C11H17NO3/c1-8(13)4-5-9-10(14-2)6-7-12-11(9)15-3/h6-8,13H,4-5H2,1-3H3/t8-/m1/s1. The molecule has 4 heteroatoms. The number of pyridine rings is 1. The van der Waals surface area contributed by atoms with Gasteiger partial charge in [-0.2, -0.15) is 0 Å². The summed E-state index contributed by atoms with van der Waals surface area (Å²) >= 11 is 0. The normalized spacial score (nSPS) is 12.3. The van der Waals surface area contributed by atoms with Gasteiger partial charge in [-0.1, -0.05) is 0 Å². The van der Waals surface area contributed by atoms with Gasteiger partial charge in [0.25, 0.3) is 0 Å². The first-order valence-corrected chi connectivity index (χ1v) is 4.93. The fourth-order valence-corrected chi connectivity index (χ4v) is 1.41. The minimum Gasteiger partial charge on any atom is -0.496 e. The molecule has 1 atom stereocenters. The lowest BCUT2D eigenvalue weighted by atomic mass is 10.1. The highest BCUT2D eigenvalue weighted by Gasteiger charge is 2.11. The van der Waals surface area contributed by atoms with E-state index in [-0.39, 0.29) is 6.10 Å². The number of rotatable bonds is 5. The van der Waals surface area contributed by atoms with Crippen LogP contribution in [0, 0.1) is 0 Å². The molecule has 84 valence electrons. The highest BCUT2D eigenvalue weighted by atomic mass is 16.5. The molecule has 0 saturated carbocycles. The number of hydrogen-bond acceptors (Lipinski definition) is 4. The summed E-state index contributed by atoms with van der Waals surface area (Å²) in [4.78, 5) is 4.10. The zero-order valence-corrected chi connectivity index (χ0v) is 9.36. The summed E-state index contributed by atoms with van der Waals surface area (Å²) in [6.07, 6.45) is 2.67. The number of aliphatic hydroxyl groups is 1. The van der Waals surface area contributed by atoms with Crippen molar-refractivity contribution in [1.82, 2.24) is 4.98 Å². The molecule has 1 N–H and O–H groups in total. The van der Waals surface area contributed by atoms with Crippen molar-refractivity contribution < 1.29 is 14.6 Å². The van der Waals surface area contributed by atoms with Crippen LogP contribution < -0.4 is 9.47 Å². The van der Waals surface area contributed by atoms with Crippen LogP contribution in [0.3, 0.4) is 0 Å². The van der Waals surface area contributed by atoms with E-state index in [1.54, 1.807) is 33.4 Å². The van der Waals surface area contributed by atoms with Crippen molar-refractivity contribution in [2.24, 2.45) is 0 Å². The van der Waals surface area contributed by atoms with Gasteiger partial charge in [0.15, 0.2) is 0 Å². The Morgan fingerprint density at radius 3 is 2.67 bits per heavy atom. The van der Waals surface area contributed by atoms with E-state index in [0.717, 1.165) is 11.3 Å². The lowest BCUT2D eigenvalue weighted by Gasteiger charge is -2.12. The van der Waals surface area contributed by atoms with Crippen molar-refractivity contribution in [3.63, 3.8) is 0 Å². The first kappa shape index (κ1) is 11.8. The van der Waals surface area contributed by atoms with Gasteiger partial charge in [0.1, 0.15) is 5.75 Å². The molecule has 0 unspecified atom stereocenters. The quantitative estimate of drug-likeness (QED) is 0.800. The predicted molar refractivity (Wildman–Crippen MR) is 57.3 cm³/mol. The van der Waals surface area contributed by atoms with Crippen LogP contribution >= 0.6 is 0 Å². The lowest BCUT2D eigenvalue weighted by molar-refractivity contribution is 0.184. The summed E-state index contributed by atoms with van der Waals surface area (Å²) in [5.41, 5.74) is 0.906. The summed E-state index contributed by atoms with van der Waals surface area (Å²) in [5, 5.41) is 9.24. The van der Waals surface area contributed by atoms with Crippen molar-refractivity contribution in [3.05, 3.63) is 17.8 Å². The number of hydrogen-bond donors (Lipinski definition) is 1. The SMILES string of the molecule is COc1ccnc(OC)c1CC[C@@H](C)O. The largest absolute Gasteiger partial charge is 0.496 e. The molecule has 4 nitrogen and oxygen atoms in total. The molecule has 0 aromatic carbocycles. The molecule has 0 aliphatic heterocycles. The Bertz CT molecular complexity index is 290. The number of nitrogens with zero attached hydrogens (tertiary/aromatic N) is 1. The molecule has 0 spiro atoms. The summed E-state index contributed by atoms with van der Waals surface area (Å²) < 4.78 is 10.4. The Labute approximate surface area is 89.9 Å². The molecule has 0 amide bonds. The van der Waals surface area contributed by atoms with Crippen molar-refractivity contribution in [2.45, 2.75) is 25.9 Å². The molecule has 1 aromatic heterocycles. The Morgan fingerprint density at radius 2 is 2.13 bits per heavy atom. The molecule has 0 bridgehead atoms. The summed E-state index contributed by atoms with van der Waals surface area (Å²) in [6, 6.07) is 1.79. The Morgan fingerprint density at radius 1 is 1.40 bits per heavy atom. The average molecular weight is 211 g/mol. The molecule has 0 aliphatic carbocycles. The van der Waals surface area contributed by atoms with Gasteiger partial charge in [-0.05, 0) is 25.8 Å².